The van der Waals surface area contributed by atoms with Crippen molar-refractivity contribution in [2.45, 2.75) is 17.7 Å². The predicted molar refractivity (Wildman–Crippen MR) is 107 cm³/mol. The van der Waals surface area contributed by atoms with Gasteiger partial charge < -0.3 is 9.64 Å². The molecule has 0 aliphatic carbocycles. The number of nitrogens with zero attached hydrogens (tertiary/aromatic N) is 2. The van der Waals surface area contributed by atoms with E-state index in [1.165, 1.54) is 6.07 Å². The van der Waals surface area contributed by atoms with E-state index in [2.05, 4.69) is 4.40 Å². The second-order valence-corrected chi connectivity index (χ2v) is 9.03. The fraction of sp³-hybridized carbons (Fsp3) is 0.263. The Morgan fingerprint density at radius 3 is 2.50 bits per heavy atom. The van der Waals surface area contributed by atoms with Crippen LogP contribution >= 0.6 is 23.2 Å². The zero-order valence-corrected chi connectivity index (χ0v) is 17.0. The van der Waals surface area contributed by atoms with Gasteiger partial charge >= 0.3 is 5.97 Å². The maximum atomic E-state index is 12.5. The lowest BCUT2D eigenvalue weighted by atomic mass is 9.96. The van der Waals surface area contributed by atoms with E-state index in [0.29, 0.717) is 53.1 Å². The third kappa shape index (κ3) is 3.62. The quantitative estimate of drug-likeness (QED) is 0.526. The van der Waals surface area contributed by atoms with Crippen molar-refractivity contribution in [2.24, 2.45) is 10.3 Å². The lowest BCUT2D eigenvalue weighted by molar-refractivity contribution is -0.140. The number of hydrogen-bond acceptors (Lipinski definition) is 5. The van der Waals surface area contributed by atoms with Gasteiger partial charge in [-0.05, 0) is 37.1 Å². The molecular formula is C19H16Cl2N2O4S. The molecule has 0 aromatic heterocycles. The molecule has 1 saturated heterocycles. The third-order valence-electron chi connectivity index (χ3n) is 4.85. The number of esters is 1. The fourth-order valence-electron chi connectivity index (χ4n) is 3.38. The Morgan fingerprint density at radius 2 is 1.79 bits per heavy atom. The highest BCUT2D eigenvalue weighted by Gasteiger charge is 2.34. The molecule has 4 rings (SSSR count). The SMILES string of the molecule is O=C(Oc1ccc(Cl)c(Cl)c1)C1CCN(C2=NS(=O)(=O)c3ccccc32)CC1. The van der Waals surface area contributed by atoms with E-state index in [4.69, 9.17) is 27.9 Å². The molecule has 2 aliphatic rings. The van der Waals surface area contributed by atoms with Crippen molar-refractivity contribution in [3.05, 3.63) is 58.1 Å². The summed E-state index contributed by atoms with van der Waals surface area (Å²) in [4.78, 5) is 14.6. The van der Waals surface area contributed by atoms with E-state index in [1.54, 1.807) is 36.4 Å². The molecule has 2 aromatic rings. The smallest absolute Gasteiger partial charge is 0.314 e. The molecule has 2 aliphatic heterocycles. The van der Waals surface area contributed by atoms with Gasteiger partial charge in [-0.15, -0.1) is 4.40 Å². The first-order valence-corrected chi connectivity index (χ1v) is 10.9. The minimum atomic E-state index is -3.65. The molecule has 28 heavy (non-hydrogen) atoms. The lowest BCUT2D eigenvalue weighted by Crippen LogP contribution is -2.41. The largest absolute Gasteiger partial charge is 0.426 e. The van der Waals surface area contributed by atoms with Gasteiger partial charge in [-0.25, -0.2) is 0 Å². The van der Waals surface area contributed by atoms with Crippen molar-refractivity contribution in [2.75, 3.05) is 13.1 Å². The molecule has 0 bridgehead atoms. The molecule has 0 unspecified atom stereocenters. The highest BCUT2D eigenvalue weighted by molar-refractivity contribution is 7.90. The predicted octanol–water partition coefficient (Wildman–Crippen LogP) is 3.76. The lowest BCUT2D eigenvalue weighted by Gasteiger charge is -2.32. The standard InChI is InChI=1S/C19H16Cl2N2O4S/c20-15-6-5-13(11-16(15)21)27-19(24)12-7-9-23(10-8-12)18-14-3-1-2-4-17(14)28(25,26)22-18/h1-6,11-12H,7-10H2. The number of fused-ring (bicyclic) bond motifs is 1. The van der Waals surface area contributed by atoms with Gasteiger partial charge in [0, 0.05) is 24.7 Å². The summed E-state index contributed by atoms with van der Waals surface area (Å²) in [6, 6.07) is 11.5. The van der Waals surface area contributed by atoms with E-state index >= 15 is 0 Å². The molecule has 0 radical (unpaired) electrons. The fourth-order valence-corrected chi connectivity index (χ4v) is 4.90. The Morgan fingerprint density at radius 1 is 1.07 bits per heavy atom. The number of rotatable bonds is 2. The summed E-state index contributed by atoms with van der Waals surface area (Å²) in [7, 11) is -3.65. The van der Waals surface area contributed by atoms with Gasteiger partial charge in [0.2, 0.25) is 0 Å². The first kappa shape index (κ1) is 19.2. The van der Waals surface area contributed by atoms with Crippen molar-refractivity contribution in [3.8, 4) is 5.75 Å². The topological polar surface area (TPSA) is 76.0 Å². The number of amidine groups is 1. The molecule has 146 valence electrons. The average Bonchev–Trinajstić information content (AvgIpc) is 2.96. The number of carbonyl (C=O) groups is 1. The van der Waals surface area contributed by atoms with Crippen LogP contribution in [-0.4, -0.2) is 38.2 Å². The zero-order chi connectivity index (χ0) is 19.9. The summed E-state index contributed by atoms with van der Waals surface area (Å²) in [5.74, 6) is 0.188. The van der Waals surface area contributed by atoms with Gasteiger partial charge in [-0.3, -0.25) is 4.79 Å². The van der Waals surface area contributed by atoms with Crippen LogP contribution in [0.2, 0.25) is 10.0 Å². The Labute approximate surface area is 172 Å². The molecule has 9 heteroatoms. The van der Waals surface area contributed by atoms with Crippen molar-refractivity contribution >= 4 is 45.0 Å². The van der Waals surface area contributed by atoms with Crippen molar-refractivity contribution in [1.82, 2.24) is 4.90 Å². The van der Waals surface area contributed by atoms with E-state index in [1.807, 2.05) is 4.90 Å². The Hall–Kier alpha value is -2.09. The van der Waals surface area contributed by atoms with Gasteiger partial charge in [-0.2, -0.15) is 8.42 Å². The van der Waals surface area contributed by atoms with E-state index in [-0.39, 0.29) is 16.8 Å². The first-order chi connectivity index (χ1) is 13.3. The van der Waals surface area contributed by atoms with Crippen molar-refractivity contribution in [3.63, 3.8) is 0 Å². The average molecular weight is 439 g/mol. The van der Waals surface area contributed by atoms with Crippen LogP contribution in [-0.2, 0) is 14.8 Å². The van der Waals surface area contributed by atoms with Gasteiger partial charge in [-0.1, -0.05) is 35.3 Å². The van der Waals surface area contributed by atoms with Crippen LogP contribution in [0, 0.1) is 5.92 Å². The molecular weight excluding hydrogens is 423 g/mol. The van der Waals surface area contributed by atoms with Crippen LogP contribution in [0.4, 0.5) is 0 Å². The van der Waals surface area contributed by atoms with E-state index < -0.39 is 10.0 Å². The minimum absolute atomic E-state index is 0.228. The van der Waals surface area contributed by atoms with Crippen LogP contribution in [0.25, 0.3) is 0 Å². The summed E-state index contributed by atoms with van der Waals surface area (Å²) in [5.41, 5.74) is 0.610. The summed E-state index contributed by atoms with van der Waals surface area (Å²) >= 11 is 11.8. The molecule has 2 aromatic carbocycles. The number of ether oxygens (including phenoxy) is 1. The number of sulfonamides is 1. The highest BCUT2D eigenvalue weighted by atomic mass is 35.5. The Kier molecular flexibility index (Phi) is 5.07. The molecule has 2 heterocycles. The third-order valence-corrected chi connectivity index (χ3v) is 6.91. The normalized spacial score (nSPS) is 18.5. The highest BCUT2D eigenvalue weighted by Crippen LogP contribution is 2.31. The molecule has 0 atom stereocenters. The maximum absolute atomic E-state index is 12.5. The van der Waals surface area contributed by atoms with E-state index in [9.17, 15) is 13.2 Å². The van der Waals surface area contributed by atoms with Gasteiger partial charge in [0.25, 0.3) is 10.0 Å². The van der Waals surface area contributed by atoms with Crippen LogP contribution in [0.1, 0.15) is 18.4 Å². The molecule has 0 N–H and O–H groups in total. The Bertz CT molecular complexity index is 1080. The van der Waals surface area contributed by atoms with Gasteiger partial charge in [0.15, 0.2) is 5.84 Å². The summed E-state index contributed by atoms with van der Waals surface area (Å²) in [6.07, 6.45) is 1.09. The number of likely N-dealkylation sites (tertiary alicyclic amines) is 1. The second-order valence-electron chi connectivity index (χ2n) is 6.64. The number of benzene rings is 2. The minimum Gasteiger partial charge on any atom is -0.426 e. The Balaban J connectivity index is 1.42. The maximum Gasteiger partial charge on any atom is 0.314 e. The number of halogens is 2. The molecule has 0 spiro atoms. The molecule has 6 nitrogen and oxygen atoms in total. The van der Waals surface area contributed by atoms with Crippen molar-refractivity contribution in [1.29, 1.82) is 0 Å². The molecule has 0 saturated carbocycles. The summed E-state index contributed by atoms with van der Waals surface area (Å²) in [6.45, 7) is 1.04. The summed E-state index contributed by atoms with van der Waals surface area (Å²) < 4.78 is 33.8. The first-order valence-electron chi connectivity index (χ1n) is 8.71. The van der Waals surface area contributed by atoms with Crippen LogP contribution in [0.15, 0.2) is 51.8 Å². The second kappa shape index (κ2) is 7.39. The zero-order valence-electron chi connectivity index (χ0n) is 14.6. The van der Waals surface area contributed by atoms with Gasteiger partial charge in [0.05, 0.1) is 16.0 Å². The number of carbonyl (C=O) groups excluding carboxylic acids is 1. The molecule has 1 fully saturated rings. The number of hydrogen-bond donors (Lipinski definition) is 0. The van der Waals surface area contributed by atoms with Crippen LogP contribution < -0.4 is 4.74 Å². The van der Waals surface area contributed by atoms with E-state index in [0.717, 1.165) is 0 Å². The molecule has 0 amide bonds. The van der Waals surface area contributed by atoms with Crippen LogP contribution in [0.5, 0.6) is 5.75 Å². The summed E-state index contributed by atoms with van der Waals surface area (Å²) in [5, 5.41) is 0.711. The number of piperidine rings is 1. The van der Waals surface area contributed by atoms with Gasteiger partial charge in [0.1, 0.15) is 10.6 Å². The van der Waals surface area contributed by atoms with Crippen molar-refractivity contribution < 1.29 is 17.9 Å². The monoisotopic (exact) mass is 438 g/mol. The van der Waals surface area contributed by atoms with Crippen LogP contribution in [0.3, 0.4) is 0 Å².